The zero-order chi connectivity index (χ0) is 12.0. The van der Waals surface area contributed by atoms with Gasteiger partial charge in [0.1, 0.15) is 0 Å². The molecule has 0 fully saturated rings. The molecule has 1 aromatic carbocycles. The van der Waals surface area contributed by atoms with Crippen LogP contribution in [-0.2, 0) is 4.74 Å². The van der Waals surface area contributed by atoms with Crippen molar-refractivity contribution in [2.45, 2.75) is 19.4 Å². The van der Waals surface area contributed by atoms with E-state index in [2.05, 4.69) is 5.32 Å². The highest BCUT2D eigenvalue weighted by Crippen LogP contribution is 2.17. The van der Waals surface area contributed by atoms with E-state index >= 15 is 0 Å². The van der Waals surface area contributed by atoms with Crippen molar-refractivity contribution < 1.29 is 9.84 Å². The summed E-state index contributed by atoms with van der Waals surface area (Å²) in [5.74, 6) is 0. The second-order valence-electron chi connectivity index (χ2n) is 3.88. The predicted molar refractivity (Wildman–Crippen MR) is 66.6 cm³/mol. The van der Waals surface area contributed by atoms with Crippen LogP contribution in [0.15, 0.2) is 18.2 Å². The van der Waals surface area contributed by atoms with Crippen molar-refractivity contribution >= 4 is 11.4 Å². The van der Waals surface area contributed by atoms with Gasteiger partial charge in [-0.1, -0.05) is 0 Å². The summed E-state index contributed by atoms with van der Waals surface area (Å²) >= 11 is 0. The topological polar surface area (TPSA) is 67.5 Å². The number of anilines is 2. The molecule has 0 saturated heterocycles. The molecule has 4 N–H and O–H groups in total. The largest absolute Gasteiger partial charge is 0.399 e. The van der Waals surface area contributed by atoms with Gasteiger partial charge in [0.25, 0.3) is 0 Å². The number of nitrogen functional groups attached to an aromatic ring is 1. The van der Waals surface area contributed by atoms with Crippen LogP contribution in [0.1, 0.15) is 12.0 Å². The number of aryl methyl sites for hydroxylation is 1. The smallest absolute Gasteiger partial charge is 0.0664 e. The fourth-order valence-electron chi connectivity index (χ4n) is 1.56. The second-order valence-corrected chi connectivity index (χ2v) is 3.88. The number of hydrogen-bond donors (Lipinski definition) is 3. The van der Waals surface area contributed by atoms with Gasteiger partial charge in [0, 0.05) is 25.1 Å². The molecule has 16 heavy (non-hydrogen) atoms. The maximum absolute atomic E-state index is 8.92. The molecule has 4 heteroatoms. The van der Waals surface area contributed by atoms with Crippen molar-refractivity contribution in [3.63, 3.8) is 0 Å². The second kappa shape index (κ2) is 6.35. The Hall–Kier alpha value is -1.26. The summed E-state index contributed by atoms with van der Waals surface area (Å²) < 4.78 is 5.08. The molecular weight excluding hydrogens is 204 g/mol. The molecule has 0 aliphatic heterocycles. The number of aliphatic hydroxyl groups excluding tert-OH is 1. The summed E-state index contributed by atoms with van der Waals surface area (Å²) in [5.41, 5.74) is 8.58. The fourth-order valence-corrected chi connectivity index (χ4v) is 1.56. The third kappa shape index (κ3) is 3.72. The highest BCUT2D eigenvalue weighted by Gasteiger charge is 2.07. The molecule has 0 radical (unpaired) electrons. The van der Waals surface area contributed by atoms with Crippen molar-refractivity contribution in [1.82, 2.24) is 0 Å². The van der Waals surface area contributed by atoms with Crippen LogP contribution in [-0.4, -0.2) is 31.5 Å². The molecule has 4 nitrogen and oxygen atoms in total. The first-order chi connectivity index (χ1) is 7.67. The van der Waals surface area contributed by atoms with E-state index in [1.807, 2.05) is 25.1 Å². The zero-order valence-corrected chi connectivity index (χ0v) is 9.86. The third-order valence-electron chi connectivity index (χ3n) is 2.49. The van der Waals surface area contributed by atoms with Crippen LogP contribution in [0.2, 0.25) is 0 Å². The molecule has 90 valence electrons. The average Bonchev–Trinajstić information content (AvgIpc) is 2.24. The number of rotatable bonds is 6. The monoisotopic (exact) mass is 224 g/mol. The van der Waals surface area contributed by atoms with Crippen molar-refractivity contribution in [1.29, 1.82) is 0 Å². The van der Waals surface area contributed by atoms with Gasteiger partial charge in [0.15, 0.2) is 0 Å². The summed E-state index contributed by atoms with van der Waals surface area (Å²) in [6, 6.07) is 5.93. The summed E-state index contributed by atoms with van der Waals surface area (Å²) in [7, 11) is 1.65. The molecule has 0 aliphatic rings. The van der Waals surface area contributed by atoms with Crippen molar-refractivity contribution in [3.8, 4) is 0 Å². The lowest BCUT2D eigenvalue weighted by Crippen LogP contribution is -2.26. The van der Waals surface area contributed by atoms with Gasteiger partial charge in [-0.3, -0.25) is 0 Å². The van der Waals surface area contributed by atoms with E-state index in [1.54, 1.807) is 7.11 Å². The lowest BCUT2D eigenvalue weighted by molar-refractivity contribution is 0.170. The normalized spacial score (nSPS) is 12.4. The number of hydrogen-bond acceptors (Lipinski definition) is 4. The SMILES string of the molecule is COCC(CCO)Nc1ccc(N)c(C)c1. The third-order valence-corrected chi connectivity index (χ3v) is 2.49. The first-order valence-corrected chi connectivity index (χ1v) is 5.40. The van der Waals surface area contributed by atoms with Gasteiger partial charge in [0.05, 0.1) is 12.6 Å². The molecular formula is C12H20N2O2. The maximum Gasteiger partial charge on any atom is 0.0664 e. The lowest BCUT2D eigenvalue weighted by atomic mass is 10.1. The van der Waals surface area contributed by atoms with Crippen molar-refractivity contribution in [2.24, 2.45) is 0 Å². The standard InChI is InChI=1S/C12H20N2O2/c1-9-7-10(3-4-12(9)13)14-11(5-6-15)8-16-2/h3-4,7,11,14-15H,5-6,8,13H2,1-2H3. The van der Waals surface area contributed by atoms with E-state index < -0.39 is 0 Å². The van der Waals surface area contributed by atoms with Crippen LogP contribution >= 0.6 is 0 Å². The quantitative estimate of drug-likeness (QED) is 0.639. The Morgan fingerprint density at radius 2 is 2.25 bits per heavy atom. The summed E-state index contributed by atoms with van der Waals surface area (Å²) in [6.07, 6.45) is 0.664. The van der Waals surface area contributed by atoms with Crippen LogP contribution < -0.4 is 11.1 Å². The molecule has 0 aliphatic carbocycles. The Labute approximate surface area is 96.4 Å². The maximum atomic E-state index is 8.92. The van der Waals surface area contributed by atoms with Crippen LogP contribution in [0.25, 0.3) is 0 Å². The van der Waals surface area contributed by atoms with E-state index in [4.69, 9.17) is 15.6 Å². The molecule has 1 rings (SSSR count). The van der Waals surface area contributed by atoms with E-state index in [0.29, 0.717) is 13.0 Å². The minimum atomic E-state index is 0.123. The molecule has 0 bridgehead atoms. The van der Waals surface area contributed by atoms with Gasteiger partial charge in [-0.25, -0.2) is 0 Å². The number of benzene rings is 1. The van der Waals surface area contributed by atoms with Gasteiger partial charge in [-0.15, -0.1) is 0 Å². The summed E-state index contributed by atoms with van der Waals surface area (Å²) in [4.78, 5) is 0. The highest BCUT2D eigenvalue weighted by molar-refractivity contribution is 5.57. The Kier molecular flexibility index (Phi) is 5.08. The first-order valence-electron chi connectivity index (χ1n) is 5.40. The molecule has 1 atom stereocenters. The van der Waals surface area contributed by atoms with Crippen molar-refractivity contribution in [2.75, 3.05) is 31.4 Å². The van der Waals surface area contributed by atoms with Gasteiger partial charge < -0.3 is 20.9 Å². The molecule has 0 saturated carbocycles. The molecule has 0 amide bonds. The minimum absolute atomic E-state index is 0.123. The van der Waals surface area contributed by atoms with Gasteiger partial charge in [0.2, 0.25) is 0 Å². The van der Waals surface area contributed by atoms with Crippen LogP contribution in [0.4, 0.5) is 11.4 Å². The number of methoxy groups -OCH3 is 1. The van der Waals surface area contributed by atoms with Gasteiger partial charge >= 0.3 is 0 Å². The first kappa shape index (κ1) is 12.8. The Morgan fingerprint density at radius 3 is 2.81 bits per heavy atom. The van der Waals surface area contributed by atoms with E-state index in [9.17, 15) is 0 Å². The number of ether oxygens (including phenoxy) is 1. The number of nitrogens with two attached hydrogens (primary N) is 1. The average molecular weight is 224 g/mol. The van der Waals surface area contributed by atoms with Crippen LogP contribution in [0, 0.1) is 6.92 Å². The predicted octanol–water partition coefficient (Wildman–Crippen LogP) is 1.39. The molecule has 0 aromatic heterocycles. The summed E-state index contributed by atoms with van der Waals surface area (Å²) in [5, 5.41) is 12.2. The summed E-state index contributed by atoms with van der Waals surface area (Å²) in [6.45, 7) is 2.69. The van der Waals surface area contributed by atoms with Crippen molar-refractivity contribution in [3.05, 3.63) is 23.8 Å². The van der Waals surface area contributed by atoms with Crippen LogP contribution in [0.5, 0.6) is 0 Å². The molecule has 0 heterocycles. The van der Waals surface area contributed by atoms with E-state index in [-0.39, 0.29) is 12.6 Å². The molecule has 1 aromatic rings. The van der Waals surface area contributed by atoms with Gasteiger partial charge in [-0.05, 0) is 37.1 Å². The minimum Gasteiger partial charge on any atom is -0.399 e. The van der Waals surface area contributed by atoms with Gasteiger partial charge in [-0.2, -0.15) is 0 Å². The lowest BCUT2D eigenvalue weighted by Gasteiger charge is -2.18. The number of nitrogens with one attached hydrogen (secondary N) is 1. The fraction of sp³-hybridized carbons (Fsp3) is 0.500. The highest BCUT2D eigenvalue weighted by atomic mass is 16.5. The Balaban J connectivity index is 2.65. The van der Waals surface area contributed by atoms with E-state index in [1.165, 1.54) is 0 Å². The Bertz CT molecular complexity index is 323. The van der Waals surface area contributed by atoms with Crippen LogP contribution in [0.3, 0.4) is 0 Å². The molecule has 0 spiro atoms. The number of aliphatic hydroxyl groups is 1. The Morgan fingerprint density at radius 1 is 1.50 bits per heavy atom. The van der Waals surface area contributed by atoms with E-state index in [0.717, 1.165) is 16.9 Å². The zero-order valence-electron chi connectivity index (χ0n) is 9.86. The molecule has 1 unspecified atom stereocenters.